The normalized spacial score (nSPS) is 24.7. The Morgan fingerprint density at radius 2 is 1.83 bits per heavy atom. The van der Waals surface area contributed by atoms with Gasteiger partial charge in [0.25, 0.3) is 0 Å². The topological polar surface area (TPSA) is 59.0 Å². The molecule has 2 aliphatic rings. The highest BCUT2D eigenvalue weighted by Gasteiger charge is 2.41. The van der Waals surface area contributed by atoms with Gasteiger partial charge in [0.1, 0.15) is 5.60 Å². The first-order chi connectivity index (χ1) is 10.8. The number of amides is 1. The third-order valence-corrected chi connectivity index (χ3v) is 5.05. The van der Waals surface area contributed by atoms with Gasteiger partial charge in [-0.3, -0.25) is 0 Å². The number of allylic oxidation sites excluding steroid dienone is 1. The van der Waals surface area contributed by atoms with Gasteiger partial charge in [-0.2, -0.15) is 0 Å². The lowest BCUT2D eigenvalue weighted by atomic mass is 9.81. The number of nitrogens with zero attached hydrogens (tertiary/aromatic N) is 1. The summed E-state index contributed by atoms with van der Waals surface area (Å²) in [6.07, 6.45) is 2.86. The molecule has 0 spiro atoms. The van der Waals surface area contributed by atoms with Crippen LogP contribution in [0.1, 0.15) is 54.9 Å². The highest BCUT2D eigenvalue weighted by molar-refractivity contribution is 6.38. The van der Waals surface area contributed by atoms with Crippen molar-refractivity contribution in [3.8, 4) is 0 Å². The largest absolute Gasteiger partial charge is 0.444 e. The van der Waals surface area contributed by atoms with E-state index in [9.17, 15) is 9.90 Å². The summed E-state index contributed by atoms with van der Waals surface area (Å²) in [6.45, 7) is 14.3. The van der Waals surface area contributed by atoms with Gasteiger partial charge in [0.05, 0.1) is 11.2 Å². The molecule has 2 unspecified atom stereocenters. The number of hydrogen-bond acceptors (Lipinski definition) is 4. The summed E-state index contributed by atoms with van der Waals surface area (Å²) in [6, 6.07) is 0. The van der Waals surface area contributed by atoms with Crippen LogP contribution >= 0.6 is 0 Å². The Morgan fingerprint density at radius 1 is 1.21 bits per heavy atom. The van der Waals surface area contributed by atoms with Gasteiger partial charge in [-0.1, -0.05) is 11.5 Å². The third-order valence-electron chi connectivity index (χ3n) is 5.05. The maximum Gasteiger partial charge on any atom is 0.410 e. The first-order valence-corrected chi connectivity index (χ1v) is 8.70. The van der Waals surface area contributed by atoms with Crippen LogP contribution in [-0.2, 0) is 9.39 Å². The molecular formula is C18H31BNO4. The van der Waals surface area contributed by atoms with E-state index >= 15 is 0 Å². The lowest BCUT2D eigenvalue weighted by molar-refractivity contribution is -0.0897. The molecule has 0 aromatic rings. The van der Waals surface area contributed by atoms with Crippen molar-refractivity contribution in [2.75, 3.05) is 13.1 Å². The van der Waals surface area contributed by atoms with E-state index in [2.05, 4.69) is 6.08 Å². The Labute approximate surface area is 146 Å². The molecule has 2 atom stereocenters. The van der Waals surface area contributed by atoms with E-state index in [4.69, 9.17) is 9.39 Å². The first kappa shape index (κ1) is 19.3. The second kappa shape index (κ2) is 6.38. The van der Waals surface area contributed by atoms with Crippen molar-refractivity contribution >= 4 is 13.6 Å². The maximum absolute atomic E-state index is 12.2. The van der Waals surface area contributed by atoms with Crippen LogP contribution in [0.2, 0.25) is 0 Å². The van der Waals surface area contributed by atoms with Gasteiger partial charge in [-0.05, 0) is 66.7 Å². The zero-order valence-electron chi connectivity index (χ0n) is 16.0. The van der Waals surface area contributed by atoms with Crippen molar-refractivity contribution < 1.29 is 19.3 Å². The molecule has 1 amide bonds. The van der Waals surface area contributed by atoms with Gasteiger partial charge in [-0.15, -0.1) is 0 Å². The van der Waals surface area contributed by atoms with Crippen LogP contribution in [0.25, 0.3) is 0 Å². The summed E-state index contributed by atoms with van der Waals surface area (Å²) in [7, 11) is 1.77. The van der Waals surface area contributed by atoms with Crippen LogP contribution in [-0.4, -0.2) is 53.5 Å². The molecule has 1 radical (unpaired) electrons. The minimum Gasteiger partial charge on any atom is -0.444 e. The molecule has 1 saturated heterocycles. The van der Waals surface area contributed by atoms with Gasteiger partial charge in [-0.25, -0.2) is 4.79 Å². The summed E-state index contributed by atoms with van der Waals surface area (Å²) in [5.74, 6) is 0.787. The van der Waals surface area contributed by atoms with Crippen molar-refractivity contribution in [1.82, 2.24) is 4.90 Å². The molecule has 1 fully saturated rings. The summed E-state index contributed by atoms with van der Waals surface area (Å²) in [5.41, 5.74) is -0.897. The Hall–Kier alpha value is -1.01. The maximum atomic E-state index is 12.2. The third kappa shape index (κ3) is 4.54. The fraction of sp³-hybridized carbons (Fsp3) is 0.833. The quantitative estimate of drug-likeness (QED) is 0.802. The number of aliphatic hydroxyl groups is 1. The molecule has 6 heteroatoms. The molecule has 24 heavy (non-hydrogen) atoms. The lowest BCUT2D eigenvalue weighted by Gasteiger charge is -2.37. The van der Waals surface area contributed by atoms with Crippen LogP contribution in [0.4, 0.5) is 4.79 Å². The molecule has 0 bridgehead atoms. The molecule has 2 rings (SSSR count). The number of rotatable bonds is 4. The summed E-state index contributed by atoms with van der Waals surface area (Å²) in [4.78, 5) is 14.0. The van der Waals surface area contributed by atoms with E-state index in [1.54, 1.807) is 26.2 Å². The van der Waals surface area contributed by atoms with Crippen molar-refractivity contribution in [2.45, 2.75) is 71.7 Å². The second-order valence-corrected chi connectivity index (χ2v) is 9.06. The van der Waals surface area contributed by atoms with Crippen LogP contribution < -0.4 is 0 Å². The summed E-state index contributed by atoms with van der Waals surface area (Å²) >= 11 is 0. The molecule has 0 saturated carbocycles. The second-order valence-electron chi connectivity index (χ2n) is 9.06. The molecule has 1 N–H and O–H groups in total. The fourth-order valence-corrected chi connectivity index (χ4v) is 2.88. The molecule has 5 nitrogen and oxygen atoms in total. The average molecular weight is 336 g/mol. The predicted molar refractivity (Wildman–Crippen MR) is 94.7 cm³/mol. The van der Waals surface area contributed by atoms with Gasteiger partial charge in [0, 0.05) is 13.1 Å². The minimum absolute atomic E-state index is 0.227. The number of fused-ring (bicyclic) bond motifs is 1. The van der Waals surface area contributed by atoms with E-state index < -0.39 is 16.8 Å². The zero-order valence-corrected chi connectivity index (χ0v) is 16.0. The van der Waals surface area contributed by atoms with Gasteiger partial charge in [0.2, 0.25) is 0 Å². The Balaban J connectivity index is 1.87. The first-order valence-electron chi connectivity index (χ1n) is 8.70. The minimum atomic E-state index is -0.925. The monoisotopic (exact) mass is 336 g/mol. The van der Waals surface area contributed by atoms with Gasteiger partial charge < -0.3 is 19.4 Å². The Kier molecular flexibility index (Phi) is 5.13. The Morgan fingerprint density at radius 3 is 2.33 bits per heavy atom. The Bertz CT molecular complexity index is 516. The van der Waals surface area contributed by atoms with Crippen molar-refractivity contribution in [3.05, 3.63) is 11.5 Å². The van der Waals surface area contributed by atoms with E-state index in [-0.39, 0.29) is 6.09 Å². The van der Waals surface area contributed by atoms with E-state index in [1.807, 2.05) is 34.6 Å². The van der Waals surface area contributed by atoms with Crippen LogP contribution in [0, 0.1) is 11.8 Å². The number of likely N-dealkylation sites (tertiary alicyclic amines) is 1. The SMILES string of the molecule is CC(C)(C)OC(=O)N1CC2C=C([B]OC(C)(C)C(C)(C)O)CC2C1. The van der Waals surface area contributed by atoms with Gasteiger partial charge >= 0.3 is 13.6 Å². The summed E-state index contributed by atoms with van der Waals surface area (Å²) < 4.78 is 11.3. The van der Waals surface area contributed by atoms with Crippen molar-refractivity contribution in [1.29, 1.82) is 0 Å². The highest BCUT2D eigenvalue weighted by atomic mass is 16.6. The van der Waals surface area contributed by atoms with Crippen LogP contribution in [0.5, 0.6) is 0 Å². The molecule has 1 heterocycles. The number of hydrogen-bond donors (Lipinski definition) is 1. The highest BCUT2D eigenvalue weighted by Crippen LogP contribution is 2.37. The number of ether oxygens (including phenoxy) is 1. The van der Waals surface area contributed by atoms with E-state index in [0.717, 1.165) is 18.4 Å². The van der Waals surface area contributed by atoms with Crippen molar-refractivity contribution in [3.63, 3.8) is 0 Å². The standard InChI is InChI=1S/C18H31BNO4/c1-16(2,3)23-15(21)20-10-12-8-14(9-13(12)11-20)19-24-18(6,7)17(4,5)22/h8,12-13,22H,9-11H2,1-7H3. The smallest absolute Gasteiger partial charge is 0.410 e. The average Bonchev–Trinajstić information content (AvgIpc) is 2.90. The lowest BCUT2D eigenvalue weighted by Crippen LogP contribution is -2.48. The molecule has 0 aromatic carbocycles. The molecule has 1 aliphatic heterocycles. The molecule has 0 aromatic heterocycles. The van der Waals surface area contributed by atoms with Gasteiger partial charge in [0.15, 0.2) is 0 Å². The molecule has 135 valence electrons. The van der Waals surface area contributed by atoms with Crippen LogP contribution in [0.3, 0.4) is 0 Å². The predicted octanol–water partition coefficient (Wildman–Crippen LogP) is 2.94. The zero-order chi connectivity index (χ0) is 18.3. The van der Waals surface area contributed by atoms with E-state index in [1.165, 1.54) is 0 Å². The molecule has 1 aliphatic carbocycles. The number of carbonyl (C=O) groups excluding carboxylic acids is 1. The summed E-state index contributed by atoms with van der Waals surface area (Å²) in [5, 5.41) is 10.1. The van der Waals surface area contributed by atoms with E-state index in [0.29, 0.717) is 18.4 Å². The van der Waals surface area contributed by atoms with Crippen molar-refractivity contribution in [2.24, 2.45) is 11.8 Å². The molecular weight excluding hydrogens is 305 g/mol. The van der Waals surface area contributed by atoms with Crippen LogP contribution in [0.15, 0.2) is 11.5 Å². The number of carbonyl (C=O) groups is 1. The fourth-order valence-electron chi connectivity index (χ4n) is 2.88.